The quantitative estimate of drug-likeness (QED) is 0.158. The predicted octanol–water partition coefficient (Wildman–Crippen LogP) is 6.44. The van der Waals surface area contributed by atoms with E-state index in [2.05, 4.69) is 38.6 Å². The summed E-state index contributed by atoms with van der Waals surface area (Å²) >= 11 is 12.1. The van der Waals surface area contributed by atoms with Crippen molar-refractivity contribution >= 4 is 52.1 Å². The highest BCUT2D eigenvalue weighted by atomic mass is 35.5. The van der Waals surface area contributed by atoms with E-state index in [-0.39, 0.29) is 5.92 Å². The number of carbonyl (C=O) groups is 2. The first-order valence-corrected chi connectivity index (χ1v) is 13.8. The number of carbonyl (C=O) groups excluding carboxylic acids is 2. The molecule has 0 aliphatic heterocycles. The third kappa shape index (κ3) is 7.64. The molecule has 0 fully saturated rings. The van der Waals surface area contributed by atoms with Gasteiger partial charge in [0.25, 0.3) is 11.8 Å². The van der Waals surface area contributed by atoms with Gasteiger partial charge in [-0.15, -0.1) is 0 Å². The Hall–Kier alpha value is -3.81. The lowest BCUT2D eigenvalue weighted by Gasteiger charge is -2.22. The normalized spacial score (nSPS) is 12.9. The van der Waals surface area contributed by atoms with E-state index in [4.69, 9.17) is 27.9 Å². The Morgan fingerprint density at radius 1 is 0.975 bits per heavy atom. The molecule has 1 heterocycles. The first-order valence-electron chi connectivity index (χ1n) is 13.1. The van der Waals surface area contributed by atoms with Crippen molar-refractivity contribution < 1.29 is 14.3 Å². The van der Waals surface area contributed by atoms with Gasteiger partial charge in [-0.1, -0.05) is 85.6 Å². The molecule has 3 aromatic carbocycles. The maximum Gasteiger partial charge on any atom is 0.262 e. The molecule has 4 rings (SSSR count). The first-order chi connectivity index (χ1) is 19.2. The molecule has 0 aliphatic rings. The molecule has 0 spiro atoms. The molecule has 0 saturated carbocycles. The van der Waals surface area contributed by atoms with E-state index in [1.165, 1.54) is 11.6 Å². The van der Waals surface area contributed by atoms with E-state index < -0.39 is 24.0 Å². The van der Waals surface area contributed by atoms with Crippen molar-refractivity contribution in [1.82, 2.24) is 15.3 Å². The number of rotatable bonds is 11. The third-order valence-electron chi connectivity index (χ3n) is 6.30. The van der Waals surface area contributed by atoms with Gasteiger partial charge in [-0.2, -0.15) is 5.10 Å². The number of benzene rings is 3. The van der Waals surface area contributed by atoms with E-state index in [1.54, 1.807) is 25.3 Å². The molecule has 2 amide bonds. The van der Waals surface area contributed by atoms with Crippen LogP contribution in [0.4, 0.5) is 0 Å². The monoisotopic (exact) mass is 578 g/mol. The summed E-state index contributed by atoms with van der Waals surface area (Å²) in [7, 11) is 0. The van der Waals surface area contributed by atoms with Gasteiger partial charge >= 0.3 is 0 Å². The second kappa shape index (κ2) is 13.5. The Morgan fingerprint density at radius 3 is 2.42 bits per heavy atom. The number of hydrazone groups is 1. The summed E-state index contributed by atoms with van der Waals surface area (Å²) in [6, 6.07) is 22.2. The second-order valence-corrected chi connectivity index (χ2v) is 10.8. The molecule has 40 heavy (non-hydrogen) atoms. The molecular formula is C31H32Cl2N4O3. The fourth-order valence-corrected chi connectivity index (χ4v) is 4.79. The number of nitrogens with one attached hydrogen (secondary N) is 2. The van der Waals surface area contributed by atoms with Gasteiger partial charge in [-0.3, -0.25) is 9.59 Å². The third-order valence-corrected chi connectivity index (χ3v) is 6.83. The molecule has 2 N–H and O–H groups in total. The van der Waals surface area contributed by atoms with Crippen LogP contribution in [0, 0.1) is 5.92 Å². The zero-order valence-electron chi connectivity index (χ0n) is 22.6. The van der Waals surface area contributed by atoms with Crippen LogP contribution >= 0.6 is 23.2 Å². The Balaban J connectivity index is 1.43. The first kappa shape index (κ1) is 29.2. The van der Waals surface area contributed by atoms with Crippen LogP contribution in [0.5, 0.6) is 5.75 Å². The molecule has 0 bridgehead atoms. The molecule has 0 saturated heterocycles. The SMILES string of the molecule is CC(C)C[C@@H](NC(=O)[C@H](C)Oc1ccc(Cl)cc1Cl)C(=O)N/N=C\c1cn(Cc2ccccc2)c2ccccc12. The van der Waals surface area contributed by atoms with Gasteiger partial charge in [0.1, 0.15) is 11.8 Å². The van der Waals surface area contributed by atoms with Gasteiger partial charge in [0.2, 0.25) is 0 Å². The van der Waals surface area contributed by atoms with Gasteiger partial charge in [0.15, 0.2) is 6.10 Å². The Labute approximate surface area is 244 Å². The van der Waals surface area contributed by atoms with Crippen LogP contribution < -0.4 is 15.5 Å². The highest BCUT2D eigenvalue weighted by Gasteiger charge is 2.25. The average Bonchev–Trinajstić information content (AvgIpc) is 3.27. The van der Waals surface area contributed by atoms with Crippen LogP contribution in [0.2, 0.25) is 10.0 Å². The maximum atomic E-state index is 13.1. The summed E-state index contributed by atoms with van der Waals surface area (Å²) in [6.07, 6.45) is 3.18. The molecule has 4 aromatic rings. The molecule has 0 unspecified atom stereocenters. The van der Waals surface area contributed by atoms with Crippen molar-refractivity contribution in [1.29, 1.82) is 0 Å². The largest absolute Gasteiger partial charge is 0.479 e. The molecule has 0 aliphatic carbocycles. The van der Waals surface area contributed by atoms with E-state index in [1.807, 2.05) is 56.4 Å². The summed E-state index contributed by atoms with van der Waals surface area (Å²) in [5, 5.41) is 8.80. The number of ether oxygens (including phenoxy) is 1. The molecule has 0 radical (unpaired) electrons. The number of hydrogen-bond acceptors (Lipinski definition) is 4. The van der Waals surface area contributed by atoms with E-state index in [0.717, 1.165) is 16.5 Å². The van der Waals surface area contributed by atoms with Crippen molar-refractivity contribution in [3.63, 3.8) is 0 Å². The minimum Gasteiger partial charge on any atom is -0.479 e. The fourth-order valence-electron chi connectivity index (χ4n) is 4.34. The summed E-state index contributed by atoms with van der Waals surface area (Å²) in [5.74, 6) is -0.379. The number of nitrogens with zero attached hydrogens (tertiary/aromatic N) is 2. The average molecular weight is 580 g/mol. The lowest BCUT2D eigenvalue weighted by atomic mass is 10.0. The van der Waals surface area contributed by atoms with Gasteiger partial charge < -0.3 is 14.6 Å². The zero-order valence-corrected chi connectivity index (χ0v) is 24.1. The van der Waals surface area contributed by atoms with E-state index >= 15 is 0 Å². The lowest BCUT2D eigenvalue weighted by Crippen LogP contribution is -2.49. The van der Waals surface area contributed by atoms with Crippen LogP contribution in [0.3, 0.4) is 0 Å². The topological polar surface area (TPSA) is 84.7 Å². The van der Waals surface area contributed by atoms with Gasteiger partial charge in [-0.05, 0) is 49.1 Å². The number of para-hydroxylation sites is 1. The molecule has 208 valence electrons. The Bertz CT molecular complexity index is 1500. The van der Waals surface area contributed by atoms with Crippen LogP contribution in [0.15, 0.2) is 84.1 Å². The smallest absolute Gasteiger partial charge is 0.262 e. The van der Waals surface area contributed by atoms with Crippen molar-refractivity contribution in [3.8, 4) is 5.75 Å². The van der Waals surface area contributed by atoms with Crippen LogP contribution in [-0.4, -0.2) is 34.7 Å². The van der Waals surface area contributed by atoms with Crippen LogP contribution in [0.25, 0.3) is 10.9 Å². The van der Waals surface area contributed by atoms with E-state index in [9.17, 15) is 9.59 Å². The fraction of sp³-hybridized carbons (Fsp3) is 0.258. The number of aromatic nitrogens is 1. The van der Waals surface area contributed by atoms with Crippen molar-refractivity contribution in [2.75, 3.05) is 0 Å². The lowest BCUT2D eigenvalue weighted by molar-refractivity contribution is -0.132. The summed E-state index contributed by atoms with van der Waals surface area (Å²) < 4.78 is 7.86. The number of fused-ring (bicyclic) bond motifs is 1. The number of halogens is 2. The minimum absolute atomic E-state index is 0.151. The van der Waals surface area contributed by atoms with Crippen LogP contribution in [0.1, 0.15) is 38.3 Å². The molecule has 7 nitrogen and oxygen atoms in total. The summed E-state index contributed by atoms with van der Waals surface area (Å²) in [6.45, 7) is 6.26. The molecule has 2 atom stereocenters. The predicted molar refractivity (Wildman–Crippen MR) is 161 cm³/mol. The van der Waals surface area contributed by atoms with Gasteiger partial charge in [0, 0.05) is 34.2 Å². The van der Waals surface area contributed by atoms with E-state index in [0.29, 0.717) is 28.8 Å². The highest BCUT2D eigenvalue weighted by molar-refractivity contribution is 6.35. The Kier molecular flexibility index (Phi) is 9.85. The minimum atomic E-state index is -0.889. The van der Waals surface area contributed by atoms with Crippen LogP contribution in [-0.2, 0) is 16.1 Å². The number of hydrogen-bond donors (Lipinski definition) is 2. The molecule has 9 heteroatoms. The second-order valence-electron chi connectivity index (χ2n) is 9.97. The highest BCUT2D eigenvalue weighted by Crippen LogP contribution is 2.28. The number of amides is 2. The zero-order chi connectivity index (χ0) is 28.6. The molecular weight excluding hydrogens is 547 g/mol. The van der Waals surface area contributed by atoms with Gasteiger partial charge in [-0.25, -0.2) is 5.43 Å². The maximum absolute atomic E-state index is 13.1. The van der Waals surface area contributed by atoms with Crippen molar-refractivity contribution in [3.05, 3.63) is 100 Å². The van der Waals surface area contributed by atoms with Crippen molar-refractivity contribution in [2.24, 2.45) is 11.0 Å². The Morgan fingerprint density at radius 2 is 1.70 bits per heavy atom. The van der Waals surface area contributed by atoms with Crippen molar-refractivity contribution in [2.45, 2.75) is 45.9 Å². The summed E-state index contributed by atoms with van der Waals surface area (Å²) in [4.78, 5) is 26.0. The summed E-state index contributed by atoms with van der Waals surface area (Å²) in [5.41, 5.74) is 5.73. The molecule has 1 aromatic heterocycles. The van der Waals surface area contributed by atoms with Gasteiger partial charge in [0.05, 0.1) is 11.2 Å². The standard InChI is InChI=1S/C31H32Cl2N4O3/c1-20(2)15-27(35-30(38)21(3)40-29-14-13-24(32)16-26(29)33)31(39)36-34-17-23-19-37(18-22-9-5-4-6-10-22)28-12-8-7-11-25(23)28/h4-14,16-17,19-21,27H,15,18H2,1-3H3,(H,35,38)(H,36,39)/b34-17-/t21-,27+/m0/s1.